The van der Waals surface area contributed by atoms with Crippen molar-refractivity contribution in [1.82, 2.24) is 4.98 Å². The summed E-state index contributed by atoms with van der Waals surface area (Å²) in [6.45, 7) is 1.31. The zero-order chi connectivity index (χ0) is 23.4. The number of nitrogens with two attached hydrogens (primary N) is 1. The van der Waals surface area contributed by atoms with Crippen LogP contribution in [0.25, 0.3) is 0 Å². The lowest BCUT2D eigenvalue weighted by atomic mass is 9.89. The number of hydrogen-bond donors (Lipinski definition) is 3. The number of carboxylic acid groups (broad SMARTS) is 1. The van der Waals surface area contributed by atoms with E-state index in [2.05, 4.69) is 22.0 Å². The minimum absolute atomic E-state index is 0.267. The zero-order valence-corrected chi connectivity index (χ0v) is 18.0. The number of nitrogens with zero attached hydrogens (tertiary/aromatic N) is 2. The van der Waals surface area contributed by atoms with Crippen LogP contribution in [0, 0.1) is 5.82 Å². The van der Waals surface area contributed by atoms with Crippen LogP contribution in [0.4, 0.5) is 10.1 Å². The van der Waals surface area contributed by atoms with E-state index in [0.29, 0.717) is 11.4 Å². The molecule has 8 heteroatoms. The maximum absolute atomic E-state index is 13.1. The molecular weight excluding hydrogens is 425 g/mol. The van der Waals surface area contributed by atoms with Crippen LogP contribution in [-0.4, -0.2) is 46.0 Å². The maximum Gasteiger partial charge on any atom is 0.337 e. The number of carboxylic acids is 1. The summed E-state index contributed by atoms with van der Waals surface area (Å²) in [6.07, 6.45) is 2.24. The summed E-state index contributed by atoms with van der Waals surface area (Å²) in [5, 5.41) is 20.7. The first-order chi connectivity index (χ1) is 15.8. The third-order valence-electron chi connectivity index (χ3n) is 5.97. The Morgan fingerprint density at radius 3 is 2.64 bits per heavy atom. The van der Waals surface area contributed by atoms with E-state index in [-0.39, 0.29) is 13.0 Å². The number of rotatable bonds is 8. The van der Waals surface area contributed by atoms with E-state index in [0.717, 1.165) is 25.2 Å². The summed E-state index contributed by atoms with van der Waals surface area (Å²) in [7, 11) is 0. The second kappa shape index (κ2) is 9.56. The lowest BCUT2D eigenvalue weighted by Gasteiger charge is -2.32. The minimum atomic E-state index is -2.29. The van der Waals surface area contributed by atoms with Crippen LogP contribution < -0.4 is 15.4 Å². The number of fused-ring (bicyclic) bond motifs is 1. The molecule has 172 valence electrons. The van der Waals surface area contributed by atoms with Crippen molar-refractivity contribution in [2.45, 2.75) is 31.0 Å². The fourth-order valence-electron chi connectivity index (χ4n) is 3.97. The van der Waals surface area contributed by atoms with Gasteiger partial charge in [-0.1, -0.05) is 24.3 Å². The molecule has 0 amide bonds. The SMILES string of the molecule is NC(COc1ccc(F)cc1)C(O)(Cc1cc(N2CCc3ccccc3C2)ccn1)C(=O)O. The van der Waals surface area contributed by atoms with Gasteiger partial charge in [0.05, 0.1) is 6.04 Å². The van der Waals surface area contributed by atoms with Gasteiger partial charge in [0, 0.05) is 37.1 Å². The first-order valence-corrected chi connectivity index (χ1v) is 10.7. The Balaban J connectivity index is 1.47. The van der Waals surface area contributed by atoms with E-state index >= 15 is 0 Å². The van der Waals surface area contributed by atoms with E-state index in [1.165, 1.54) is 35.4 Å². The Morgan fingerprint density at radius 2 is 1.91 bits per heavy atom. The van der Waals surface area contributed by atoms with Gasteiger partial charge in [-0.05, 0) is 53.9 Å². The number of anilines is 1. The van der Waals surface area contributed by atoms with Crippen molar-refractivity contribution in [3.63, 3.8) is 0 Å². The largest absolute Gasteiger partial charge is 0.492 e. The number of aliphatic hydroxyl groups is 1. The second-order valence-electron chi connectivity index (χ2n) is 8.22. The van der Waals surface area contributed by atoms with Crippen LogP contribution in [0.2, 0.25) is 0 Å². The van der Waals surface area contributed by atoms with Gasteiger partial charge in [0.15, 0.2) is 5.60 Å². The molecular formula is C25H26FN3O4. The van der Waals surface area contributed by atoms with E-state index in [4.69, 9.17) is 10.5 Å². The van der Waals surface area contributed by atoms with Crippen LogP contribution in [-0.2, 0) is 24.2 Å². The minimum Gasteiger partial charge on any atom is -0.492 e. The van der Waals surface area contributed by atoms with Crippen LogP contribution in [0.3, 0.4) is 0 Å². The second-order valence-corrected chi connectivity index (χ2v) is 8.22. The van der Waals surface area contributed by atoms with Crippen LogP contribution >= 0.6 is 0 Å². The fourth-order valence-corrected chi connectivity index (χ4v) is 3.97. The predicted molar refractivity (Wildman–Crippen MR) is 122 cm³/mol. The highest BCUT2D eigenvalue weighted by atomic mass is 19.1. The molecule has 0 saturated heterocycles. The van der Waals surface area contributed by atoms with Gasteiger partial charge in [-0.15, -0.1) is 0 Å². The van der Waals surface area contributed by atoms with E-state index in [9.17, 15) is 19.4 Å². The molecule has 4 rings (SSSR count). The number of carbonyl (C=O) groups is 1. The number of benzene rings is 2. The van der Waals surface area contributed by atoms with Crippen molar-refractivity contribution >= 4 is 11.7 Å². The van der Waals surface area contributed by atoms with Gasteiger partial charge in [0.1, 0.15) is 18.2 Å². The van der Waals surface area contributed by atoms with Gasteiger partial charge in [-0.2, -0.15) is 0 Å². The molecule has 4 N–H and O–H groups in total. The normalized spacial score (nSPS) is 15.9. The summed E-state index contributed by atoms with van der Waals surface area (Å²) in [5.41, 5.74) is 7.65. The van der Waals surface area contributed by atoms with Crippen molar-refractivity contribution < 1.29 is 24.1 Å². The summed E-state index contributed by atoms with van der Waals surface area (Å²) in [5.74, 6) is -1.56. The van der Waals surface area contributed by atoms with Crippen molar-refractivity contribution in [3.05, 3.63) is 89.5 Å². The average Bonchev–Trinajstić information content (AvgIpc) is 2.83. The molecule has 0 radical (unpaired) electrons. The van der Waals surface area contributed by atoms with Gasteiger partial charge in [-0.25, -0.2) is 9.18 Å². The summed E-state index contributed by atoms with van der Waals surface area (Å²) < 4.78 is 18.5. The topological polar surface area (TPSA) is 109 Å². The van der Waals surface area contributed by atoms with Crippen molar-refractivity contribution in [1.29, 1.82) is 0 Å². The average molecular weight is 451 g/mol. The Bertz CT molecular complexity index is 1120. The highest BCUT2D eigenvalue weighted by Crippen LogP contribution is 2.26. The Kier molecular flexibility index (Phi) is 6.57. The van der Waals surface area contributed by atoms with Gasteiger partial charge in [0.2, 0.25) is 0 Å². The number of aliphatic carboxylic acids is 1. The Labute approximate surface area is 191 Å². The number of ether oxygens (including phenoxy) is 1. The standard InChI is InChI=1S/C25H26FN3O4/c26-19-5-7-22(8-6-19)33-16-23(27)25(32,24(30)31)14-20-13-21(9-11-28-20)29-12-10-17-3-1-2-4-18(17)15-29/h1-9,11,13,23,32H,10,12,14-16,27H2,(H,30,31). The number of hydrogen-bond acceptors (Lipinski definition) is 6. The van der Waals surface area contributed by atoms with Crippen molar-refractivity contribution in [2.24, 2.45) is 5.73 Å². The summed E-state index contributed by atoms with van der Waals surface area (Å²) in [6, 6.07) is 16.0. The molecule has 0 bridgehead atoms. The molecule has 3 aromatic rings. The van der Waals surface area contributed by atoms with E-state index in [1.807, 2.05) is 18.2 Å². The molecule has 2 aromatic carbocycles. The van der Waals surface area contributed by atoms with Crippen molar-refractivity contribution in [3.8, 4) is 5.75 Å². The predicted octanol–water partition coefficient (Wildman–Crippen LogP) is 2.55. The molecule has 0 spiro atoms. The molecule has 1 aromatic heterocycles. The molecule has 0 aliphatic carbocycles. The van der Waals surface area contributed by atoms with Gasteiger partial charge >= 0.3 is 5.97 Å². The Morgan fingerprint density at radius 1 is 1.18 bits per heavy atom. The first kappa shape index (κ1) is 22.7. The molecule has 1 aliphatic heterocycles. The molecule has 2 unspecified atom stereocenters. The number of halogens is 1. The quantitative estimate of drug-likeness (QED) is 0.483. The molecule has 1 aliphatic rings. The first-order valence-electron chi connectivity index (χ1n) is 10.7. The van der Waals surface area contributed by atoms with Crippen LogP contribution in [0.1, 0.15) is 16.8 Å². The Hall–Kier alpha value is -3.49. The lowest BCUT2D eigenvalue weighted by molar-refractivity contribution is -0.161. The summed E-state index contributed by atoms with van der Waals surface area (Å²) >= 11 is 0. The molecule has 0 saturated carbocycles. The van der Waals surface area contributed by atoms with Crippen LogP contribution in [0.5, 0.6) is 5.75 Å². The molecule has 0 fully saturated rings. The van der Waals surface area contributed by atoms with E-state index < -0.39 is 23.4 Å². The smallest absolute Gasteiger partial charge is 0.337 e. The van der Waals surface area contributed by atoms with Gasteiger partial charge in [-0.3, -0.25) is 4.98 Å². The maximum atomic E-state index is 13.1. The monoisotopic (exact) mass is 451 g/mol. The molecule has 2 heterocycles. The fraction of sp³-hybridized carbons (Fsp3) is 0.280. The molecule has 7 nitrogen and oxygen atoms in total. The third-order valence-corrected chi connectivity index (χ3v) is 5.97. The third kappa shape index (κ3) is 5.13. The van der Waals surface area contributed by atoms with Gasteiger partial charge in [0.25, 0.3) is 0 Å². The highest BCUT2D eigenvalue weighted by Gasteiger charge is 2.43. The van der Waals surface area contributed by atoms with E-state index in [1.54, 1.807) is 12.3 Å². The molecule has 2 atom stereocenters. The zero-order valence-electron chi connectivity index (χ0n) is 18.0. The van der Waals surface area contributed by atoms with Gasteiger partial charge < -0.3 is 25.6 Å². The number of aromatic nitrogens is 1. The number of pyridine rings is 1. The summed E-state index contributed by atoms with van der Waals surface area (Å²) in [4.78, 5) is 18.4. The van der Waals surface area contributed by atoms with Crippen molar-refractivity contribution in [2.75, 3.05) is 18.1 Å². The molecule has 33 heavy (non-hydrogen) atoms. The lowest BCUT2D eigenvalue weighted by Crippen LogP contribution is -2.58. The highest BCUT2D eigenvalue weighted by molar-refractivity contribution is 5.78. The van der Waals surface area contributed by atoms with Crippen LogP contribution in [0.15, 0.2) is 66.9 Å².